The average molecular weight is 810 g/mol. The smallest absolute Gasteiger partial charge is 0.134 e. The zero-order valence-electron chi connectivity index (χ0n) is 31.3. The quantitative estimate of drug-likeness (QED) is 0.0985. The van der Waals surface area contributed by atoms with E-state index in [0.29, 0.717) is 23.7 Å². The minimum atomic E-state index is -0.268. The van der Waals surface area contributed by atoms with E-state index in [4.69, 9.17) is 14.7 Å². The average Bonchev–Trinajstić information content (AvgIpc) is 3.62. The fraction of sp³-hybridized carbons (Fsp3) is 0.442. The fourth-order valence-electron chi connectivity index (χ4n) is 6.45. The van der Waals surface area contributed by atoms with Crippen LogP contribution < -0.4 is 0 Å². The van der Waals surface area contributed by atoms with Gasteiger partial charge in [0.25, 0.3) is 0 Å². The van der Waals surface area contributed by atoms with Crippen molar-refractivity contribution in [3.05, 3.63) is 119 Å². The van der Waals surface area contributed by atoms with E-state index < -0.39 is 0 Å². The van der Waals surface area contributed by atoms with Crippen LogP contribution in [0.3, 0.4) is 0 Å². The maximum absolute atomic E-state index is 6.31. The number of benzene rings is 3. The van der Waals surface area contributed by atoms with Gasteiger partial charge in [0.1, 0.15) is 11.3 Å². The van der Waals surface area contributed by atoms with Crippen molar-refractivity contribution in [2.24, 2.45) is 7.05 Å². The number of para-hydroxylation sites is 2. The van der Waals surface area contributed by atoms with E-state index in [1.54, 1.807) is 0 Å². The van der Waals surface area contributed by atoms with Crippen molar-refractivity contribution in [2.75, 3.05) is 0 Å². The molecule has 1 atom stereocenters. The summed E-state index contributed by atoms with van der Waals surface area (Å²) in [6, 6.07) is 21.5. The number of fused-ring (bicyclic) bond motifs is 1. The Morgan fingerprint density at radius 3 is 1.73 bits per heavy atom. The number of rotatable bonds is 11. The van der Waals surface area contributed by atoms with Gasteiger partial charge in [-0.1, -0.05) is 141 Å². The number of aromatic nitrogens is 2. The van der Waals surface area contributed by atoms with Gasteiger partial charge in [-0.15, -0.1) is 5.69 Å². The van der Waals surface area contributed by atoms with Crippen molar-refractivity contribution in [1.82, 2.24) is 9.55 Å². The van der Waals surface area contributed by atoms with E-state index in [9.17, 15) is 0 Å². The molecule has 2 aromatic heterocycles. The molecular formula is C43H57HfN3O-2. The van der Waals surface area contributed by atoms with Gasteiger partial charge in [-0.25, -0.2) is 4.98 Å². The van der Waals surface area contributed by atoms with Crippen molar-refractivity contribution in [3.8, 4) is 11.3 Å². The molecule has 2 heterocycles. The Morgan fingerprint density at radius 2 is 1.25 bits per heavy atom. The second-order valence-corrected chi connectivity index (χ2v) is 14.0. The van der Waals surface area contributed by atoms with Crippen molar-refractivity contribution >= 4 is 16.7 Å². The van der Waals surface area contributed by atoms with Crippen molar-refractivity contribution in [1.29, 1.82) is 0 Å². The topological polar surface area (TPSA) is 45.1 Å². The molecule has 1 unspecified atom stereocenters. The van der Waals surface area contributed by atoms with Crippen LogP contribution in [-0.2, 0) is 39.3 Å². The molecule has 0 N–H and O–H groups in total. The summed E-state index contributed by atoms with van der Waals surface area (Å²) in [4.78, 5) is 5.44. The third-order valence-electron chi connectivity index (χ3n) is 9.05. The van der Waals surface area contributed by atoms with Crippen LogP contribution in [-0.4, -0.2) is 9.55 Å². The van der Waals surface area contributed by atoms with Crippen LogP contribution in [0.15, 0.2) is 71.3 Å². The normalized spacial score (nSPS) is 12.1. The zero-order valence-corrected chi connectivity index (χ0v) is 34.9. The number of nitrogens with zero attached hydrogens (tertiary/aromatic N) is 3. The summed E-state index contributed by atoms with van der Waals surface area (Å²) in [5, 5.41) is 6.89. The molecule has 48 heavy (non-hydrogen) atoms. The molecular weight excluding hydrogens is 753 g/mol. The van der Waals surface area contributed by atoms with E-state index in [1.165, 1.54) is 34.2 Å². The summed E-state index contributed by atoms with van der Waals surface area (Å²) >= 11 is 0. The molecule has 256 valence electrons. The first-order valence-electron chi connectivity index (χ1n) is 17.7. The molecule has 4 nitrogen and oxygen atoms in total. The molecule has 5 aromatic rings. The summed E-state index contributed by atoms with van der Waals surface area (Å²) in [7, 11) is 2.12. The van der Waals surface area contributed by atoms with Gasteiger partial charge in [0.2, 0.25) is 0 Å². The summed E-state index contributed by atoms with van der Waals surface area (Å²) in [6.07, 6.45) is 5.25. The Labute approximate surface area is 309 Å². The molecule has 0 aliphatic carbocycles. The van der Waals surface area contributed by atoms with Crippen LogP contribution in [0.25, 0.3) is 27.5 Å². The van der Waals surface area contributed by atoms with Crippen molar-refractivity contribution in [2.45, 2.75) is 118 Å². The molecule has 0 bridgehead atoms. The first kappa shape index (κ1) is 39.5. The Morgan fingerprint density at radius 1 is 0.750 bits per heavy atom. The van der Waals surface area contributed by atoms with Gasteiger partial charge >= 0.3 is 0 Å². The third-order valence-corrected chi connectivity index (χ3v) is 9.05. The van der Waals surface area contributed by atoms with Crippen molar-refractivity contribution in [3.63, 3.8) is 0 Å². The van der Waals surface area contributed by atoms with E-state index in [0.717, 1.165) is 52.3 Å². The zero-order chi connectivity index (χ0) is 34.4. The van der Waals surface area contributed by atoms with E-state index in [2.05, 4.69) is 143 Å². The summed E-state index contributed by atoms with van der Waals surface area (Å²) < 4.78 is 8.50. The van der Waals surface area contributed by atoms with Crippen molar-refractivity contribution < 1.29 is 30.3 Å². The Bertz CT molecular complexity index is 1700. The van der Waals surface area contributed by atoms with E-state index in [-0.39, 0.29) is 31.9 Å². The minimum Gasteiger partial charge on any atom is -0.671 e. The second kappa shape index (κ2) is 17.7. The fourth-order valence-corrected chi connectivity index (χ4v) is 6.45. The Kier molecular flexibility index (Phi) is 14.5. The van der Waals surface area contributed by atoms with Crippen LogP contribution >= 0.6 is 0 Å². The molecule has 0 saturated heterocycles. The molecule has 0 spiro atoms. The first-order chi connectivity index (χ1) is 22.4. The molecule has 0 fully saturated rings. The Hall–Kier alpha value is -2.92. The van der Waals surface area contributed by atoms with Gasteiger partial charge < -0.3 is 21.2 Å². The number of furan rings is 1. The summed E-state index contributed by atoms with van der Waals surface area (Å²) in [5.41, 5.74) is 10.6. The maximum atomic E-state index is 6.31. The minimum absolute atomic E-state index is 0. The molecule has 0 radical (unpaired) electrons. The van der Waals surface area contributed by atoms with Gasteiger partial charge in [0.05, 0.1) is 17.1 Å². The van der Waals surface area contributed by atoms with Crippen LogP contribution in [0.1, 0.15) is 151 Å². The number of unbranched alkanes of at least 4 members (excludes halogenated alkanes) is 1. The monoisotopic (exact) mass is 811 g/mol. The predicted octanol–water partition coefficient (Wildman–Crippen LogP) is 13.3. The third kappa shape index (κ3) is 8.44. The molecule has 0 saturated carbocycles. The summed E-state index contributed by atoms with van der Waals surface area (Å²) in [5.74, 6) is 3.32. The van der Waals surface area contributed by atoms with Crippen LogP contribution in [0.5, 0.6) is 0 Å². The maximum Gasteiger partial charge on any atom is 0.134 e. The molecule has 3 aromatic carbocycles. The van der Waals surface area contributed by atoms with Crippen LogP contribution in [0.2, 0.25) is 0 Å². The van der Waals surface area contributed by atoms with Crippen LogP contribution in [0.4, 0.5) is 5.69 Å². The van der Waals surface area contributed by atoms with E-state index >= 15 is 0 Å². The van der Waals surface area contributed by atoms with Gasteiger partial charge in [-0.05, 0) is 52.5 Å². The molecule has 0 aliphatic rings. The number of hydrogen-bond donors (Lipinski definition) is 0. The molecule has 0 aliphatic heterocycles. The second-order valence-electron chi connectivity index (χ2n) is 14.0. The largest absolute Gasteiger partial charge is 0.671 e. The molecule has 5 heteroatoms. The first-order valence-corrected chi connectivity index (χ1v) is 17.7. The van der Waals surface area contributed by atoms with Gasteiger partial charge in [0, 0.05) is 50.9 Å². The Balaban J connectivity index is 0.00000118. The van der Waals surface area contributed by atoms with Crippen LogP contribution in [0, 0.1) is 6.92 Å². The summed E-state index contributed by atoms with van der Waals surface area (Å²) in [6.45, 7) is 26.1. The van der Waals surface area contributed by atoms with Gasteiger partial charge in [-0.3, -0.25) is 0 Å². The number of imidazole rings is 1. The standard InChI is InChI=1S/C39H48N3O.C4H9.Hf/c1-11-33-36(31-16-12-13-21-34(31)43-33)32-22-42(10)39(40-32)38(35-27(23(2)3)17-14-18-28(35)24(4)5)41-37-29(25(6)7)19-15-20-30(37)26(8)9;1-3-4-2;/h12-26,38H,11H2,1-10H3;1,3-4H2,2H3;/q2*-1;. The SMILES string of the molecule is CCc1oc2ccccc2c1-c1cn(C)c(C([N-]c2c(C(C)C)cccc2C(C)C)c2c(C(C)C)cccc2C(C)C)n1.[CH2-]CCC.[Hf]. The number of hydrogen-bond acceptors (Lipinski definition) is 2. The van der Waals surface area contributed by atoms with Gasteiger partial charge in [0.15, 0.2) is 0 Å². The number of aryl methyl sites for hydroxylation is 2. The molecule has 0 amide bonds. The van der Waals surface area contributed by atoms with Gasteiger partial charge in [-0.2, -0.15) is 6.42 Å². The molecule has 5 rings (SSSR count). The van der Waals surface area contributed by atoms with E-state index in [1.807, 2.05) is 12.1 Å². The predicted molar refractivity (Wildman–Crippen MR) is 202 cm³/mol.